The van der Waals surface area contributed by atoms with Crippen LogP contribution in [0.15, 0.2) is 71.8 Å². The van der Waals surface area contributed by atoms with Gasteiger partial charge in [-0.15, -0.1) is 0 Å². The minimum absolute atomic E-state index is 0.116. The highest BCUT2D eigenvalue weighted by molar-refractivity contribution is 5.83. The zero-order valence-corrected chi connectivity index (χ0v) is 18.2. The number of aromatic nitrogens is 2. The van der Waals surface area contributed by atoms with E-state index in [9.17, 15) is 4.79 Å². The van der Waals surface area contributed by atoms with Gasteiger partial charge in [-0.2, -0.15) is 0 Å². The third kappa shape index (κ3) is 4.00. The van der Waals surface area contributed by atoms with E-state index in [0.717, 1.165) is 59.3 Å². The van der Waals surface area contributed by atoms with E-state index in [0.29, 0.717) is 13.0 Å². The molecule has 1 unspecified atom stereocenters. The molecule has 0 N–H and O–H groups in total. The first-order chi connectivity index (χ1) is 15.7. The predicted molar refractivity (Wildman–Crippen MR) is 125 cm³/mol. The Labute approximate surface area is 187 Å². The smallest absolute Gasteiger partial charge is 0.307 e. The van der Waals surface area contributed by atoms with Crippen molar-refractivity contribution in [3.8, 4) is 16.8 Å². The quantitative estimate of drug-likeness (QED) is 0.374. The zero-order valence-electron chi connectivity index (χ0n) is 18.2. The van der Waals surface area contributed by atoms with Crippen molar-refractivity contribution in [1.29, 1.82) is 0 Å². The van der Waals surface area contributed by atoms with Gasteiger partial charge in [0.15, 0.2) is 0 Å². The van der Waals surface area contributed by atoms with E-state index in [1.54, 1.807) is 12.5 Å². The Bertz CT molecular complexity index is 1210. The van der Waals surface area contributed by atoms with Crippen molar-refractivity contribution in [2.75, 3.05) is 18.1 Å². The molecule has 164 valence electrons. The van der Waals surface area contributed by atoms with Crippen LogP contribution in [0.1, 0.15) is 32.6 Å². The molecule has 4 aromatic rings. The molecule has 1 saturated heterocycles. The molecule has 1 aliphatic heterocycles. The topological polar surface area (TPSA) is 60.5 Å². The molecular weight excluding hydrogens is 402 g/mol. The third-order valence-electron chi connectivity index (χ3n) is 6.18. The fraction of sp³-hybridized carbons (Fsp3) is 0.308. The highest BCUT2D eigenvalue weighted by atomic mass is 16.5. The highest BCUT2D eigenvalue weighted by Gasteiger charge is 2.26. The molecule has 0 aliphatic carbocycles. The van der Waals surface area contributed by atoms with Crippen molar-refractivity contribution in [3.63, 3.8) is 0 Å². The summed E-state index contributed by atoms with van der Waals surface area (Å²) < 4.78 is 12.5. The van der Waals surface area contributed by atoms with Crippen LogP contribution in [0.5, 0.6) is 0 Å². The minimum Gasteiger partial charge on any atom is -0.472 e. The Morgan fingerprint density at radius 2 is 2.03 bits per heavy atom. The monoisotopic (exact) mass is 429 g/mol. The van der Waals surface area contributed by atoms with E-state index >= 15 is 0 Å². The molecule has 0 radical (unpaired) electrons. The summed E-state index contributed by atoms with van der Waals surface area (Å²) in [7, 11) is 0. The molecule has 32 heavy (non-hydrogen) atoms. The van der Waals surface area contributed by atoms with Crippen LogP contribution in [0.25, 0.3) is 27.8 Å². The number of anilines is 1. The summed E-state index contributed by atoms with van der Waals surface area (Å²) in [4.78, 5) is 19.1. The first kappa shape index (κ1) is 20.4. The average molecular weight is 430 g/mol. The number of hydrogen-bond acceptors (Lipinski definition) is 5. The maximum atomic E-state index is 12.1. The van der Waals surface area contributed by atoms with E-state index in [1.807, 2.05) is 19.3 Å². The summed E-state index contributed by atoms with van der Waals surface area (Å²) in [6.45, 7) is 3.23. The number of imidazole rings is 1. The number of fused-ring (bicyclic) bond motifs is 1. The third-order valence-corrected chi connectivity index (χ3v) is 6.18. The second-order valence-electron chi connectivity index (χ2n) is 8.20. The number of rotatable bonds is 6. The predicted octanol–water partition coefficient (Wildman–Crippen LogP) is 5.60. The standard InChI is InChI=1S/C26H27N3O3/c1-2-32-26(30)16-23-6-3-4-12-28(23)21-7-5-8-22(15-21)29-18-27-24-14-19(9-10-25(24)29)20-11-13-31-17-20/h5,7-11,13-15,17-18,23H,2-4,6,12,16H2,1H3. The van der Waals surface area contributed by atoms with Crippen LogP contribution in [-0.4, -0.2) is 34.7 Å². The molecule has 5 rings (SSSR count). The van der Waals surface area contributed by atoms with Gasteiger partial charge in [-0.1, -0.05) is 12.1 Å². The van der Waals surface area contributed by atoms with Crippen molar-refractivity contribution in [1.82, 2.24) is 9.55 Å². The van der Waals surface area contributed by atoms with Crippen LogP contribution in [0, 0.1) is 0 Å². The lowest BCUT2D eigenvalue weighted by Gasteiger charge is -2.37. The number of esters is 1. The number of benzene rings is 2. The maximum absolute atomic E-state index is 12.1. The number of nitrogens with zero attached hydrogens (tertiary/aromatic N) is 3. The van der Waals surface area contributed by atoms with Crippen LogP contribution in [0.4, 0.5) is 5.69 Å². The Morgan fingerprint density at radius 1 is 1.12 bits per heavy atom. The fourth-order valence-corrected chi connectivity index (χ4v) is 4.61. The van der Waals surface area contributed by atoms with Gasteiger partial charge < -0.3 is 14.1 Å². The molecule has 3 heterocycles. The second kappa shape index (κ2) is 8.91. The van der Waals surface area contributed by atoms with Crippen molar-refractivity contribution < 1.29 is 13.9 Å². The van der Waals surface area contributed by atoms with Crippen LogP contribution in [0.2, 0.25) is 0 Å². The summed E-state index contributed by atoms with van der Waals surface area (Å²) >= 11 is 0. The molecule has 0 saturated carbocycles. The van der Waals surface area contributed by atoms with Gasteiger partial charge >= 0.3 is 5.97 Å². The molecule has 0 spiro atoms. The van der Waals surface area contributed by atoms with E-state index in [2.05, 4.69) is 56.9 Å². The van der Waals surface area contributed by atoms with Gasteiger partial charge in [0.25, 0.3) is 0 Å². The largest absolute Gasteiger partial charge is 0.472 e. The number of piperidine rings is 1. The Morgan fingerprint density at radius 3 is 2.88 bits per heavy atom. The van der Waals surface area contributed by atoms with E-state index in [4.69, 9.17) is 9.15 Å². The SMILES string of the molecule is CCOC(=O)CC1CCCCN1c1cccc(-n2cnc3cc(-c4ccoc4)ccc32)c1. The van der Waals surface area contributed by atoms with Crippen molar-refractivity contribution in [3.05, 3.63) is 67.4 Å². The van der Waals surface area contributed by atoms with Gasteiger partial charge in [-0.05, 0) is 68.1 Å². The van der Waals surface area contributed by atoms with E-state index in [1.165, 1.54) is 0 Å². The molecule has 1 atom stereocenters. The van der Waals surface area contributed by atoms with E-state index < -0.39 is 0 Å². The molecule has 6 nitrogen and oxygen atoms in total. The molecular formula is C26H27N3O3. The van der Waals surface area contributed by atoms with Crippen LogP contribution >= 0.6 is 0 Å². The zero-order chi connectivity index (χ0) is 21.9. The van der Waals surface area contributed by atoms with Gasteiger partial charge in [-0.3, -0.25) is 9.36 Å². The molecule has 2 aromatic carbocycles. The highest BCUT2D eigenvalue weighted by Crippen LogP contribution is 2.30. The van der Waals surface area contributed by atoms with E-state index in [-0.39, 0.29) is 12.0 Å². The normalized spacial score (nSPS) is 16.4. The lowest BCUT2D eigenvalue weighted by Crippen LogP contribution is -2.41. The lowest BCUT2D eigenvalue weighted by molar-refractivity contribution is -0.143. The maximum Gasteiger partial charge on any atom is 0.307 e. The fourth-order valence-electron chi connectivity index (χ4n) is 4.61. The molecule has 0 amide bonds. The first-order valence-electron chi connectivity index (χ1n) is 11.3. The minimum atomic E-state index is -0.116. The molecule has 0 bridgehead atoms. The van der Waals surface area contributed by atoms with Crippen molar-refractivity contribution in [2.45, 2.75) is 38.6 Å². The van der Waals surface area contributed by atoms with Gasteiger partial charge in [0.2, 0.25) is 0 Å². The number of carbonyl (C=O) groups is 1. The van der Waals surface area contributed by atoms with Crippen LogP contribution < -0.4 is 4.90 Å². The van der Waals surface area contributed by atoms with Gasteiger partial charge in [0.1, 0.15) is 6.33 Å². The number of hydrogen-bond donors (Lipinski definition) is 0. The Balaban J connectivity index is 1.44. The molecule has 6 heteroatoms. The second-order valence-corrected chi connectivity index (χ2v) is 8.20. The van der Waals surface area contributed by atoms with Gasteiger partial charge in [0.05, 0.1) is 36.6 Å². The molecule has 1 aliphatic rings. The average Bonchev–Trinajstić information content (AvgIpc) is 3.49. The Hall–Kier alpha value is -3.54. The van der Waals surface area contributed by atoms with Gasteiger partial charge in [0, 0.05) is 29.5 Å². The summed E-state index contributed by atoms with van der Waals surface area (Å²) in [5, 5.41) is 0. The first-order valence-corrected chi connectivity index (χ1v) is 11.3. The van der Waals surface area contributed by atoms with Crippen molar-refractivity contribution >= 4 is 22.7 Å². The lowest BCUT2D eigenvalue weighted by atomic mass is 9.98. The van der Waals surface area contributed by atoms with Crippen LogP contribution in [0.3, 0.4) is 0 Å². The number of ether oxygens (including phenoxy) is 1. The molecule has 1 fully saturated rings. The summed E-state index contributed by atoms with van der Waals surface area (Å²) in [6, 6.07) is 16.9. The summed E-state index contributed by atoms with van der Waals surface area (Å²) in [5.41, 5.74) is 6.31. The summed E-state index contributed by atoms with van der Waals surface area (Å²) in [5.74, 6) is -0.116. The molecule has 2 aromatic heterocycles. The number of furan rings is 1. The van der Waals surface area contributed by atoms with Gasteiger partial charge in [-0.25, -0.2) is 4.98 Å². The van der Waals surface area contributed by atoms with Crippen LogP contribution in [-0.2, 0) is 9.53 Å². The Kier molecular flexibility index (Phi) is 5.67. The number of carbonyl (C=O) groups excluding carboxylic acids is 1. The summed E-state index contributed by atoms with van der Waals surface area (Å²) in [6.07, 6.45) is 9.01. The van der Waals surface area contributed by atoms with Crippen molar-refractivity contribution in [2.24, 2.45) is 0 Å².